The Labute approximate surface area is 164 Å². The highest BCUT2D eigenvalue weighted by molar-refractivity contribution is 7.89. The fourth-order valence-electron chi connectivity index (χ4n) is 3.70. The van der Waals surface area contributed by atoms with Crippen molar-refractivity contribution in [3.05, 3.63) is 54.2 Å². The Bertz CT molecular complexity index is 1100. The van der Waals surface area contributed by atoms with Crippen LogP contribution in [0.2, 0.25) is 0 Å². The number of benzene rings is 1. The van der Waals surface area contributed by atoms with Gasteiger partial charge in [-0.15, -0.1) is 0 Å². The van der Waals surface area contributed by atoms with E-state index in [4.69, 9.17) is 0 Å². The molecule has 6 nitrogen and oxygen atoms in total. The van der Waals surface area contributed by atoms with Gasteiger partial charge in [-0.1, -0.05) is 19.1 Å². The van der Waals surface area contributed by atoms with Crippen LogP contribution in [0.15, 0.2) is 42.6 Å². The molecule has 0 amide bonds. The van der Waals surface area contributed by atoms with Gasteiger partial charge in [0.15, 0.2) is 11.5 Å². The first-order valence-corrected chi connectivity index (χ1v) is 11.2. The lowest BCUT2D eigenvalue weighted by molar-refractivity contribution is 0.309. The standard InChI is InChI=1S/C20H23FN4O2S/c1-2-11-28(26,27)24-10-4-6-17(13-24)20-22-19-9-8-16(14-25(19)23-20)15-5-3-7-18(21)12-15/h3,5,7-9,12,14,17H,2,4,6,10-11,13H2,1H3/t17-/m1/s1. The van der Waals surface area contributed by atoms with Crippen molar-refractivity contribution in [2.45, 2.75) is 32.1 Å². The molecule has 148 valence electrons. The van der Waals surface area contributed by atoms with Crippen molar-refractivity contribution in [3.8, 4) is 11.1 Å². The van der Waals surface area contributed by atoms with Crippen LogP contribution in [0, 0.1) is 5.82 Å². The highest BCUT2D eigenvalue weighted by Gasteiger charge is 2.31. The minimum atomic E-state index is -3.22. The van der Waals surface area contributed by atoms with E-state index in [2.05, 4.69) is 10.1 Å². The molecule has 0 aliphatic carbocycles. The molecule has 3 heterocycles. The average molecular weight is 402 g/mol. The van der Waals surface area contributed by atoms with Gasteiger partial charge in [0.05, 0.1) is 5.75 Å². The molecule has 0 saturated carbocycles. The van der Waals surface area contributed by atoms with Crippen molar-refractivity contribution in [3.63, 3.8) is 0 Å². The minimum Gasteiger partial charge on any atom is -0.220 e. The first-order valence-electron chi connectivity index (χ1n) is 9.56. The SMILES string of the molecule is CCCS(=O)(=O)N1CCC[C@@H](c2nc3ccc(-c4cccc(F)c4)cn3n2)C1. The lowest BCUT2D eigenvalue weighted by Gasteiger charge is -2.30. The molecule has 0 unspecified atom stereocenters. The summed E-state index contributed by atoms with van der Waals surface area (Å²) in [7, 11) is -3.22. The predicted octanol–water partition coefficient (Wildman–Crippen LogP) is 3.45. The van der Waals surface area contributed by atoms with Crippen molar-refractivity contribution in [2.24, 2.45) is 0 Å². The molecule has 0 N–H and O–H groups in total. The Balaban J connectivity index is 1.61. The minimum absolute atomic E-state index is 0.0158. The molecule has 4 rings (SSSR count). The van der Waals surface area contributed by atoms with Gasteiger partial charge in [0, 0.05) is 30.8 Å². The second-order valence-corrected chi connectivity index (χ2v) is 9.30. The van der Waals surface area contributed by atoms with E-state index in [9.17, 15) is 12.8 Å². The zero-order valence-electron chi connectivity index (χ0n) is 15.8. The summed E-state index contributed by atoms with van der Waals surface area (Å²) in [5.74, 6) is 0.535. The average Bonchev–Trinajstić information content (AvgIpc) is 3.11. The number of hydrogen-bond donors (Lipinski definition) is 0. The molecule has 2 aromatic heterocycles. The van der Waals surface area contributed by atoms with E-state index in [-0.39, 0.29) is 17.5 Å². The monoisotopic (exact) mass is 402 g/mol. The first-order chi connectivity index (χ1) is 13.5. The highest BCUT2D eigenvalue weighted by Crippen LogP contribution is 2.28. The molecule has 1 aliphatic heterocycles. The van der Waals surface area contributed by atoms with Crippen molar-refractivity contribution in [2.75, 3.05) is 18.8 Å². The Hall–Kier alpha value is -2.32. The largest absolute Gasteiger partial charge is 0.220 e. The summed E-state index contributed by atoms with van der Waals surface area (Å²) in [5.41, 5.74) is 2.32. The summed E-state index contributed by atoms with van der Waals surface area (Å²) in [6, 6.07) is 10.2. The van der Waals surface area contributed by atoms with E-state index in [0.717, 1.165) is 24.0 Å². The Morgan fingerprint density at radius 1 is 1.21 bits per heavy atom. The molecular weight excluding hydrogens is 379 g/mol. The Morgan fingerprint density at radius 3 is 2.86 bits per heavy atom. The third-order valence-electron chi connectivity index (χ3n) is 5.11. The van der Waals surface area contributed by atoms with Crippen LogP contribution in [0.5, 0.6) is 0 Å². The number of fused-ring (bicyclic) bond motifs is 1. The van der Waals surface area contributed by atoms with Gasteiger partial charge >= 0.3 is 0 Å². The summed E-state index contributed by atoms with van der Waals surface area (Å²) in [5, 5.41) is 4.60. The van der Waals surface area contributed by atoms with Crippen LogP contribution in [0.1, 0.15) is 37.9 Å². The molecule has 28 heavy (non-hydrogen) atoms. The van der Waals surface area contributed by atoms with Gasteiger partial charge in [-0.3, -0.25) is 0 Å². The van der Waals surface area contributed by atoms with Gasteiger partial charge in [-0.25, -0.2) is 26.6 Å². The number of nitrogens with zero attached hydrogens (tertiary/aromatic N) is 4. The van der Waals surface area contributed by atoms with E-state index in [1.54, 1.807) is 14.9 Å². The van der Waals surface area contributed by atoms with Crippen LogP contribution in [0.4, 0.5) is 4.39 Å². The number of aromatic nitrogens is 3. The molecule has 1 fully saturated rings. The molecule has 0 bridgehead atoms. The van der Waals surface area contributed by atoms with E-state index in [0.29, 0.717) is 31.0 Å². The molecular formula is C20H23FN4O2S. The van der Waals surface area contributed by atoms with E-state index in [1.165, 1.54) is 12.1 Å². The van der Waals surface area contributed by atoms with Crippen LogP contribution < -0.4 is 0 Å². The predicted molar refractivity (Wildman–Crippen MR) is 106 cm³/mol. The van der Waals surface area contributed by atoms with Gasteiger partial charge < -0.3 is 0 Å². The maximum absolute atomic E-state index is 13.5. The van der Waals surface area contributed by atoms with Crippen molar-refractivity contribution >= 4 is 15.7 Å². The van der Waals surface area contributed by atoms with E-state index < -0.39 is 10.0 Å². The smallest absolute Gasteiger partial charge is 0.214 e. The molecule has 0 spiro atoms. The topological polar surface area (TPSA) is 67.6 Å². The molecule has 1 saturated heterocycles. The van der Waals surface area contributed by atoms with Crippen molar-refractivity contribution in [1.29, 1.82) is 0 Å². The third kappa shape index (κ3) is 3.79. The summed E-state index contributed by atoms with van der Waals surface area (Å²) >= 11 is 0. The second-order valence-electron chi connectivity index (χ2n) is 7.21. The van der Waals surface area contributed by atoms with E-state index in [1.807, 2.05) is 31.3 Å². The van der Waals surface area contributed by atoms with Crippen LogP contribution in [-0.4, -0.2) is 46.2 Å². The fraction of sp³-hybridized carbons (Fsp3) is 0.400. The summed E-state index contributed by atoms with van der Waals surface area (Å²) in [4.78, 5) is 4.61. The zero-order valence-corrected chi connectivity index (χ0v) is 16.6. The molecule has 1 aromatic carbocycles. The normalized spacial score (nSPS) is 18.6. The third-order valence-corrected chi connectivity index (χ3v) is 7.15. The van der Waals surface area contributed by atoms with Crippen LogP contribution in [-0.2, 0) is 10.0 Å². The number of piperidine rings is 1. The number of pyridine rings is 1. The quantitative estimate of drug-likeness (QED) is 0.656. The second kappa shape index (κ2) is 7.60. The Kier molecular flexibility index (Phi) is 5.16. The highest BCUT2D eigenvalue weighted by atomic mass is 32.2. The van der Waals surface area contributed by atoms with Crippen LogP contribution >= 0.6 is 0 Å². The maximum atomic E-state index is 13.5. The number of hydrogen-bond acceptors (Lipinski definition) is 4. The molecule has 0 radical (unpaired) electrons. The zero-order chi connectivity index (χ0) is 19.7. The summed E-state index contributed by atoms with van der Waals surface area (Å²) in [6.45, 7) is 2.87. The lowest BCUT2D eigenvalue weighted by Crippen LogP contribution is -2.40. The number of halogens is 1. The van der Waals surface area contributed by atoms with Crippen molar-refractivity contribution < 1.29 is 12.8 Å². The fourth-order valence-corrected chi connectivity index (χ4v) is 5.29. The van der Waals surface area contributed by atoms with Gasteiger partial charge in [0.2, 0.25) is 10.0 Å². The molecule has 1 aliphatic rings. The Morgan fingerprint density at radius 2 is 2.07 bits per heavy atom. The number of rotatable bonds is 5. The van der Waals surface area contributed by atoms with Gasteiger partial charge in [0.25, 0.3) is 0 Å². The molecule has 8 heteroatoms. The van der Waals surface area contributed by atoms with Crippen LogP contribution in [0.3, 0.4) is 0 Å². The van der Waals surface area contributed by atoms with E-state index >= 15 is 0 Å². The molecule has 3 aromatic rings. The molecule has 1 atom stereocenters. The maximum Gasteiger partial charge on any atom is 0.214 e. The lowest BCUT2D eigenvalue weighted by atomic mass is 9.99. The summed E-state index contributed by atoms with van der Waals surface area (Å²) in [6.07, 6.45) is 4.11. The van der Waals surface area contributed by atoms with Gasteiger partial charge in [-0.05, 0) is 49.1 Å². The first kappa shape index (κ1) is 19.0. The van der Waals surface area contributed by atoms with Gasteiger partial charge in [-0.2, -0.15) is 5.10 Å². The van der Waals surface area contributed by atoms with Crippen molar-refractivity contribution in [1.82, 2.24) is 18.9 Å². The summed E-state index contributed by atoms with van der Waals surface area (Å²) < 4.78 is 41.6. The van der Waals surface area contributed by atoms with Gasteiger partial charge in [0.1, 0.15) is 5.82 Å². The number of sulfonamides is 1. The van der Waals surface area contributed by atoms with Crippen LogP contribution in [0.25, 0.3) is 16.8 Å².